The lowest BCUT2D eigenvalue weighted by atomic mass is 10.2. The summed E-state index contributed by atoms with van der Waals surface area (Å²) in [6, 6.07) is 10.4. The van der Waals surface area contributed by atoms with Crippen LogP contribution in [0, 0.1) is 0 Å². The third-order valence-electron chi connectivity index (χ3n) is 3.82. The second-order valence-electron chi connectivity index (χ2n) is 5.42. The van der Waals surface area contributed by atoms with Crippen LogP contribution in [-0.2, 0) is 9.59 Å². The fourth-order valence-corrected chi connectivity index (χ4v) is 2.52. The summed E-state index contributed by atoms with van der Waals surface area (Å²) in [5, 5.41) is 5.10. The van der Waals surface area contributed by atoms with E-state index in [0.29, 0.717) is 13.1 Å². The zero-order valence-corrected chi connectivity index (χ0v) is 13.3. The Hall–Kier alpha value is -2.34. The Morgan fingerprint density at radius 3 is 2.35 bits per heavy atom. The molecule has 1 fully saturated rings. The van der Waals surface area contributed by atoms with Gasteiger partial charge in [-0.2, -0.15) is 0 Å². The van der Waals surface area contributed by atoms with E-state index in [0.717, 1.165) is 32.7 Å². The fourth-order valence-electron chi connectivity index (χ4n) is 2.52. The van der Waals surface area contributed by atoms with Crippen molar-refractivity contribution in [3.8, 4) is 0 Å². The summed E-state index contributed by atoms with van der Waals surface area (Å²) in [5.41, 5.74) is 1.25. The van der Waals surface area contributed by atoms with Gasteiger partial charge >= 0.3 is 11.8 Å². The maximum atomic E-state index is 11.5. The van der Waals surface area contributed by atoms with Gasteiger partial charge in [0.1, 0.15) is 0 Å². The molecule has 1 aliphatic heterocycles. The Morgan fingerprint density at radius 2 is 1.70 bits per heavy atom. The van der Waals surface area contributed by atoms with Gasteiger partial charge in [0.15, 0.2) is 0 Å². The minimum atomic E-state index is -0.612. The molecule has 1 saturated heterocycles. The molecule has 2 N–H and O–H groups in total. The number of nitrogens with zero attached hydrogens (tertiary/aromatic N) is 2. The predicted octanol–water partition coefficient (Wildman–Crippen LogP) is 0.227. The van der Waals surface area contributed by atoms with Crippen molar-refractivity contribution in [3.05, 3.63) is 43.0 Å². The first-order valence-corrected chi connectivity index (χ1v) is 7.90. The second kappa shape index (κ2) is 8.95. The first-order chi connectivity index (χ1) is 11.2. The van der Waals surface area contributed by atoms with Crippen molar-refractivity contribution in [1.82, 2.24) is 15.5 Å². The Morgan fingerprint density at radius 1 is 1.04 bits per heavy atom. The minimum Gasteiger partial charge on any atom is -0.369 e. The van der Waals surface area contributed by atoms with Crippen LogP contribution in [0.4, 0.5) is 5.69 Å². The van der Waals surface area contributed by atoms with Crippen LogP contribution in [0.25, 0.3) is 0 Å². The van der Waals surface area contributed by atoms with Crippen LogP contribution in [0.3, 0.4) is 0 Å². The number of para-hydroxylation sites is 1. The van der Waals surface area contributed by atoms with E-state index in [-0.39, 0.29) is 0 Å². The number of carbonyl (C=O) groups excluding carboxylic acids is 2. The SMILES string of the molecule is C=CCNC(=O)C(=O)NCCN1CCN(c2ccccc2)CC1. The van der Waals surface area contributed by atoms with E-state index < -0.39 is 11.8 Å². The van der Waals surface area contributed by atoms with Crippen LogP contribution >= 0.6 is 0 Å². The second-order valence-corrected chi connectivity index (χ2v) is 5.42. The topological polar surface area (TPSA) is 64.7 Å². The molecule has 6 nitrogen and oxygen atoms in total. The first kappa shape index (κ1) is 17.0. The van der Waals surface area contributed by atoms with E-state index in [9.17, 15) is 9.59 Å². The predicted molar refractivity (Wildman–Crippen MR) is 91.3 cm³/mol. The standard InChI is InChI=1S/C17H24N4O2/c1-2-8-18-16(22)17(23)19-9-10-20-11-13-21(14-12-20)15-6-4-3-5-7-15/h2-7H,1,8-14H2,(H,18,22)(H,19,23). The van der Waals surface area contributed by atoms with E-state index in [2.05, 4.69) is 51.3 Å². The maximum absolute atomic E-state index is 11.5. The molecule has 0 spiro atoms. The van der Waals surface area contributed by atoms with E-state index in [1.165, 1.54) is 11.8 Å². The van der Waals surface area contributed by atoms with E-state index >= 15 is 0 Å². The van der Waals surface area contributed by atoms with Gasteiger partial charge in [0.2, 0.25) is 0 Å². The number of benzene rings is 1. The summed E-state index contributed by atoms with van der Waals surface area (Å²) >= 11 is 0. The molecular formula is C17H24N4O2. The van der Waals surface area contributed by atoms with Crippen LogP contribution in [0.5, 0.6) is 0 Å². The quantitative estimate of drug-likeness (QED) is 0.582. The third-order valence-corrected chi connectivity index (χ3v) is 3.82. The molecule has 1 heterocycles. The molecule has 2 rings (SSSR count). The van der Waals surface area contributed by atoms with Crippen molar-refractivity contribution in [2.45, 2.75) is 0 Å². The molecular weight excluding hydrogens is 292 g/mol. The van der Waals surface area contributed by atoms with Gasteiger partial charge < -0.3 is 15.5 Å². The van der Waals surface area contributed by atoms with Crippen molar-refractivity contribution >= 4 is 17.5 Å². The van der Waals surface area contributed by atoms with E-state index in [4.69, 9.17) is 0 Å². The van der Waals surface area contributed by atoms with Gasteiger partial charge in [0.05, 0.1) is 0 Å². The Labute approximate surface area is 137 Å². The highest BCUT2D eigenvalue weighted by Gasteiger charge is 2.17. The summed E-state index contributed by atoms with van der Waals surface area (Å²) in [6.45, 7) is 8.86. The molecule has 124 valence electrons. The minimum absolute atomic E-state index is 0.299. The number of piperazine rings is 1. The lowest BCUT2D eigenvalue weighted by Crippen LogP contribution is -2.49. The highest BCUT2D eigenvalue weighted by atomic mass is 16.2. The Kier molecular flexibility index (Phi) is 6.62. The lowest BCUT2D eigenvalue weighted by molar-refractivity contribution is -0.139. The normalized spacial score (nSPS) is 15.0. The van der Waals surface area contributed by atoms with Crippen molar-refractivity contribution in [1.29, 1.82) is 0 Å². The molecule has 0 unspecified atom stereocenters. The van der Waals surface area contributed by atoms with Crippen molar-refractivity contribution in [3.63, 3.8) is 0 Å². The summed E-state index contributed by atoms with van der Waals surface area (Å²) in [6.07, 6.45) is 1.54. The third kappa shape index (κ3) is 5.41. The zero-order valence-electron chi connectivity index (χ0n) is 13.3. The monoisotopic (exact) mass is 316 g/mol. The van der Waals surface area contributed by atoms with Gasteiger partial charge in [0.25, 0.3) is 0 Å². The van der Waals surface area contributed by atoms with Crippen LogP contribution < -0.4 is 15.5 Å². The zero-order chi connectivity index (χ0) is 16.5. The van der Waals surface area contributed by atoms with E-state index in [1.54, 1.807) is 0 Å². The van der Waals surface area contributed by atoms with Gasteiger partial charge in [-0.3, -0.25) is 14.5 Å². The number of hydrogen-bond donors (Lipinski definition) is 2. The first-order valence-electron chi connectivity index (χ1n) is 7.90. The molecule has 1 aromatic rings. The number of carbonyl (C=O) groups is 2. The van der Waals surface area contributed by atoms with Gasteiger partial charge in [-0.15, -0.1) is 6.58 Å². The fraction of sp³-hybridized carbons (Fsp3) is 0.412. The number of amides is 2. The maximum Gasteiger partial charge on any atom is 0.309 e. The Balaban J connectivity index is 1.64. The van der Waals surface area contributed by atoms with E-state index in [1.807, 2.05) is 6.07 Å². The number of nitrogens with one attached hydrogen (secondary N) is 2. The van der Waals surface area contributed by atoms with Gasteiger partial charge in [-0.25, -0.2) is 0 Å². The van der Waals surface area contributed by atoms with Crippen molar-refractivity contribution in [2.24, 2.45) is 0 Å². The molecule has 2 amide bonds. The number of rotatable bonds is 6. The lowest BCUT2D eigenvalue weighted by Gasteiger charge is -2.36. The smallest absolute Gasteiger partial charge is 0.309 e. The number of anilines is 1. The van der Waals surface area contributed by atoms with Crippen LogP contribution in [0.15, 0.2) is 43.0 Å². The molecule has 6 heteroatoms. The van der Waals surface area contributed by atoms with Gasteiger partial charge in [-0.1, -0.05) is 24.3 Å². The molecule has 0 saturated carbocycles. The summed E-state index contributed by atoms with van der Waals surface area (Å²) in [7, 11) is 0. The molecule has 1 aliphatic rings. The molecule has 0 bridgehead atoms. The van der Waals surface area contributed by atoms with Crippen LogP contribution in [0.2, 0.25) is 0 Å². The highest BCUT2D eigenvalue weighted by molar-refractivity contribution is 6.35. The van der Waals surface area contributed by atoms with Crippen molar-refractivity contribution in [2.75, 3.05) is 50.7 Å². The summed E-state index contributed by atoms with van der Waals surface area (Å²) in [5.74, 6) is -1.20. The molecule has 0 radical (unpaired) electrons. The average Bonchev–Trinajstić information content (AvgIpc) is 2.61. The van der Waals surface area contributed by atoms with Gasteiger partial charge in [-0.05, 0) is 12.1 Å². The molecule has 0 atom stereocenters. The highest BCUT2D eigenvalue weighted by Crippen LogP contribution is 2.15. The van der Waals surface area contributed by atoms with Crippen LogP contribution in [-0.4, -0.2) is 62.5 Å². The van der Waals surface area contributed by atoms with Gasteiger partial charge in [0, 0.05) is 51.5 Å². The summed E-state index contributed by atoms with van der Waals surface area (Å²) in [4.78, 5) is 27.6. The molecule has 0 aliphatic carbocycles. The van der Waals surface area contributed by atoms with Crippen LogP contribution in [0.1, 0.15) is 0 Å². The molecule has 0 aromatic heterocycles. The molecule has 1 aromatic carbocycles. The largest absolute Gasteiger partial charge is 0.369 e. The Bertz CT molecular complexity index is 525. The summed E-state index contributed by atoms with van der Waals surface area (Å²) < 4.78 is 0. The molecule has 23 heavy (non-hydrogen) atoms. The number of hydrogen-bond acceptors (Lipinski definition) is 4. The van der Waals surface area contributed by atoms with Crippen molar-refractivity contribution < 1.29 is 9.59 Å². The average molecular weight is 316 g/mol.